The Bertz CT molecular complexity index is 1350. The minimum atomic E-state index is -0.740. The summed E-state index contributed by atoms with van der Waals surface area (Å²) in [6.07, 6.45) is 3.78. The van der Waals surface area contributed by atoms with Gasteiger partial charge in [0.15, 0.2) is 11.5 Å². The van der Waals surface area contributed by atoms with Crippen molar-refractivity contribution in [3.8, 4) is 17.2 Å². The van der Waals surface area contributed by atoms with E-state index in [0.29, 0.717) is 49.8 Å². The van der Waals surface area contributed by atoms with E-state index < -0.39 is 17.7 Å². The lowest BCUT2D eigenvalue weighted by molar-refractivity contribution is -0.139. The molecule has 0 radical (unpaired) electrons. The highest BCUT2D eigenvalue weighted by Gasteiger charge is 2.46. The van der Waals surface area contributed by atoms with Gasteiger partial charge in [0.05, 0.1) is 18.2 Å². The number of carbonyl (C=O) groups is 2. The van der Waals surface area contributed by atoms with Crippen LogP contribution in [0.2, 0.25) is 0 Å². The number of fused-ring (bicyclic) bond motifs is 1. The highest BCUT2D eigenvalue weighted by molar-refractivity contribution is 6.46. The molecule has 1 saturated heterocycles. The summed E-state index contributed by atoms with van der Waals surface area (Å²) in [7, 11) is 0. The number of aliphatic hydroxyl groups excluding tert-OH is 1. The molecule has 39 heavy (non-hydrogen) atoms. The minimum Gasteiger partial charge on any atom is -0.507 e. The molecule has 1 atom stereocenters. The number of benzene rings is 3. The summed E-state index contributed by atoms with van der Waals surface area (Å²) < 4.78 is 17.1. The van der Waals surface area contributed by atoms with Crippen molar-refractivity contribution < 1.29 is 28.9 Å². The molecular weight excluding hydrogens is 494 g/mol. The Morgan fingerprint density at radius 1 is 0.949 bits per heavy atom. The van der Waals surface area contributed by atoms with Gasteiger partial charge in [0.2, 0.25) is 0 Å². The van der Waals surface area contributed by atoms with E-state index in [1.807, 2.05) is 54.6 Å². The van der Waals surface area contributed by atoms with Crippen LogP contribution in [0.3, 0.4) is 0 Å². The molecule has 7 nitrogen and oxygen atoms in total. The number of hydrogen-bond acceptors (Lipinski definition) is 6. The van der Waals surface area contributed by atoms with Crippen molar-refractivity contribution in [3.63, 3.8) is 0 Å². The third kappa shape index (κ3) is 5.77. The van der Waals surface area contributed by atoms with E-state index >= 15 is 0 Å². The molecule has 5 rings (SSSR count). The summed E-state index contributed by atoms with van der Waals surface area (Å²) in [6, 6.07) is 21.5. The zero-order chi connectivity index (χ0) is 27.2. The van der Waals surface area contributed by atoms with E-state index in [2.05, 4.69) is 6.92 Å². The molecule has 0 bridgehead atoms. The second-order valence-electron chi connectivity index (χ2n) is 9.71. The molecule has 1 fully saturated rings. The van der Waals surface area contributed by atoms with Gasteiger partial charge in [0, 0.05) is 12.1 Å². The lowest BCUT2D eigenvalue weighted by atomic mass is 9.95. The standard InChI is InChI=1S/C32H33NO6/c1-2-3-7-18-37-25-13-10-23(11-14-25)29-28(30(34)24-12-15-26-27(21-24)39-20-19-38-26)31(35)32(36)33(29)17-16-22-8-5-4-6-9-22/h4-6,8-15,21,29,34H,2-3,7,16-20H2,1H3/b30-28+. The summed E-state index contributed by atoms with van der Waals surface area (Å²) in [5.41, 5.74) is 2.23. The summed E-state index contributed by atoms with van der Waals surface area (Å²) in [5.74, 6) is 0.215. The van der Waals surface area contributed by atoms with Crippen LogP contribution in [0.4, 0.5) is 0 Å². The van der Waals surface area contributed by atoms with Crippen LogP contribution in [-0.2, 0) is 16.0 Å². The third-order valence-corrected chi connectivity index (χ3v) is 7.05. The number of likely N-dealkylation sites (tertiary alicyclic amines) is 1. The Balaban J connectivity index is 1.49. The smallest absolute Gasteiger partial charge is 0.295 e. The number of aliphatic hydroxyl groups is 1. The van der Waals surface area contributed by atoms with Crippen molar-refractivity contribution >= 4 is 17.4 Å². The Kier molecular flexibility index (Phi) is 8.16. The maximum atomic E-state index is 13.4. The SMILES string of the molecule is CCCCCOc1ccc(C2/C(=C(\O)c3ccc4c(c3)OCCO4)C(=O)C(=O)N2CCc2ccccc2)cc1. The summed E-state index contributed by atoms with van der Waals surface area (Å²) in [5, 5.41) is 11.4. The fraction of sp³-hybridized carbons (Fsp3) is 0.312. The number of Topliss-reactive ketones (excluding diaryl/α,β-unsaturated/α-hetero) is 1. The fourth-order valence-corrected chi connectivity index (χ4v) is 4.99. The molecular formula is C32H33NO6. The van der Waals surface area contributed by atoms with Crippen molar-refractivity contribution in [2.45, 2.75) is 38.6 Å². The van der Waals surface area contributed by atoms with Crippen molar-refractivity contribution in [2.24, 2.45) is 0 Å². The van der Waals surface area contributed by atoms with E-state index in [4.69, 9.17) is 14.2 Å². The van der Waals surface area contributed by atoms with Crippen LogP contribution < -0.4 is 14.2 Å². The monoisotopic (exact) mass is 527 g/mol. The summed E-state index contributed by atoms with van der Waals surface area (Å²) in [6.45, 7) is 3.95. The molecule has 2 heterocycles. The number of rotatable bonds is 10. The number of nitrogens with zero attached hydrogens (tertiary/aromatic N) is 1. The molecule has 1 amide bonds. The number of amides is 1. The number of ether oxygens (including phenoxy) is 3. The Morgan fingerprint density at radius 2 is 1.69 bits per heavy atom. The first-order valence-electron chi connectivity index (χ1n) is 13.5. The van der Waals surface area contributed by atoms with E-state index in [-0.39, 0.29) is 11.3 Å². The highest BCUT2D eigenvalue weighted by atomic mass is 16.6. The van der Waals surface area contributed by atoms with Gasteiger partial charge in [-0.15, -0.1) is 0 Å². The van der Waals surface area contributed by atoms with E-state index in [9.17, 15) is 14.7 Å². The third-order valence-electron chi connectivity index (χ3n) is 7.05. The van der Waals surface area contributed by atoms with Crippen LogP contribution >= 0.6 is 0 Å². The van der Waals surface area contributed by atoms with Crippen LogP contribution in [0.1, 0.15) is 48.9 Å². The first kappa shape index (κ1) is 26.4. The lowest BCUT2D eigenvalue weighted by Crippen LogP contribution is -2.31. The van der Waals surface area contributed by atoms with Gasteiger partial charge >= 0.3 is 0 Å². The van der Waals surface area contributed by atoms with Gasteiger partial charge in [-0.3, -0.25) is 9.59 Å². The average molecular weight is 528 g/mol. The summed E-state index contributed by atoms with van der Waals surface area (Å²) >= 11 is 0. The molecule has 0 aliphatic carbocycles. The van der Waals surface area contributed by atoms with Gasteiger partial charge in [0.25, 0.3) is 11.7 Å². The molecule has 2 aliphatic rings. The highest BCUT2D eigenvalue weighted by Crippen LogP contribution is 2.41. The van der Waals surface area contributed by atoms with Gasteiger partial charge < -0.3 is 24.2 Å². The zero-order valence-electron chi connectivity index (χ0n) is 22.1. The Morgan fingerprint density at radius 3 is 2.44 bits per heavy atom. The quantitative estimate of drug-likeness (QED) is 0.158. The van der Waals surface area contributed by atoms with Gasteiger partial charge in [-0.1, -0.05) is 62.2 Å². The second kappa shape index (κ2) is 12.1. The fourth-order valence-electron chi connectivity index (χ4n) is 4.99. The molecule has 3 aromatic rings. The maximum absolute atomic E-state index is 13.4. The number of carbonyl (C=O) groups excluding carboxylic acids is 2. The minimum absolute atomic E-state index is 0.0568. The first-order valence-corrected chi connectivity index (χ1v) is 13.5. The van der Waals surface area contributed by atoms with E-state index in [1.54, 1.807) is 23.1 Å². The predicted molar refractivity (Wildman–Crippen MR) is 148 cm³/mol. The van der Waals surface area contributed by atoms with Crippen molar-refractivity contribution in [1.29, 1.82) is 0 Å². The van der Waals surface area contributed by atoms with Crippen LogP contribution in [0.25, 0.3) is 5.76 Å². The molecule has 3 aromatic carbocycles. The summed E-state index contributed by atoms with van der Waals surface area (Å²) in [4.78, 5) is 28.3. The average Bonchev–Trinajstić information content (AvgIpc) is 3.23. The number of unbranched alkanes of at least 4 members (excludes halogenated alkanes) is 2. The molecule has 1 unspecified atom stereocenters. The molecule has 0 aromatic heterocycles. The molecule has 1 N–H and O–H groups in total. The van der Waals surface area contributed by atoms with Crippen molar-refractivity contribution in [3.05, 3.63) is 95.1 Å². The second-order valence-corrected chi connectivity index (χ2v) is 9.71. The number of hydrogen-bond donors (Lipinski definition) is 1. The largest absolute Gasteiger partial charge is 0.507 e. The van der Waals surface area contributed by atoms with Crippen molar-refractivity contribution in [1.82, 2.24) is 4.90 Å². The molecule has 0 saturated carbocycles. The molecule has 0 spiro atoms. The van der Waals surface area contributed by atoms with Gasteiger partial charge in [-0.05, 0) is 54.3 Å². The molecule has 2 aliphatic heterocycles. The predicted octanol–water partition coefficient (Wildman–Crippen LogP) is 5.69. The van der Waals surface area contributed by atoms with E-state index in [0.717, 1.165) is 36.1 Å². The van der Waals surface area contributed by atoms with Gasteiger partial charge in [0.1, 0.15) is 24.7 Å². The Hall–Kier alpha value is -4.26. The van der Waals surface area contributed by atoms with E-state index in [1.165, 1.54) is 0 Å². The lowest BCUT2D eigenvalue weighted by Gasteiger charge is -2.26. The molecule has 202 valence electrons. The zero-order valence-corrected chi connectivity index (χ0v) is 22.1. The number of ketones is 1. The normalized spacial score (nSPS) is 17.9. The van der Waals surface area contributed by atoms with Gasteiger partial charge in [-0.25, -0.2) is 0 Å². The first-order chi connectivity index (χ1) is 19.1. The van der Waals surface area contributed by atoms with Crippen LogP contribution in [0.5, 0.6) is 17.2 Å². The van der Waals surface area contributed by atoms with Crippen LogP contribution in [-0.4, -0.2) is 48.1 Å². The van der Waals surface area contributed by atoms with Crippen LogP contribution in [0.15, 0.2) is 78.4 Å². The molecule has 7 heteroatoms. The van der Waals surface area contributed by atoms with Crippen LogP contribution in [0, 0.1) is 0 Å². The maximum Gasteiger partial charge on any atom is 0.295 e. The van der Waals surface area contributed by atoms with Crippen molar-refractivity contribution in [2.75, 3.05) is 26.4 Å². The topological polar surface area (TPSA) is 85.3 Å². The Labute approximate surface area is 228 Å². The van der Waals surface area contributed by atoms with Gasteiger partial charge in [-0.2, -0.15) is 0 Å².